The Labute approximate surface area is 98.8 Å². The molecule has 1 aliphatic rings. The van der Waals surface area contributed by atoms with Crippen molar-refractivity contribution in [3.8, 4) is 0 Å². The smallest absolute Gasteiger partial charge is 0.0622 e. The van der Waals surface area contributed by atoms with Gasteiger partial charge >= 0.3 is 0 Å². The van der Waals surface area contributed by atoms with Crippen molar-refractivity contribution in [1.29, 1.82) is 0 Å². The summed E-state index contributed by atoms with van der Waals surface area (Å²) in [6, 6.07) is 8.76. The highest BCUT2D eigenvalue weighted by Crippen LogP contribution is 2.24. The van der Waals surface area contributed by atoms with Crippen molar-refractivity contribution in [1.82, 2.24) is 0 Å². The fraction of sp³-hybridized carbons (Fsp3) is 0.600. The Morgan fingerprint density at radius 1 is 1.12 bits per heavy atom. The molecule has 0 saturated carbocycles. The molecule has 0 aliphatic heterocycles. The van der Waals surface area contributed by atoms with Crippen molar-refractivity contribution < 1.29 is 4.74 Å². The molecule has 1 heteroatoms. The third kappa shape index (κ3) is 2.65. The molecule has 0 amide bonds. The molecule has 1 aliphatic carbocycles. The average molecular weight is 218 g/mol. The van der Waals surface area contributed by atoms with Crippen LogP contribution in [0.2, 0.25) is 0 Å². The second-order valence-electron chi connectivity index (χ2n) is 5.22. The van der Waals surface area contributed by atoms with Crippen LogP contribution in [0, 0.1) is 5.92 Å². The van der Waals surface area contributed by atoms with E-state index in [2.05, 4.69) is 45.0 Å². The standard InChI is InChI=1S/C15H22O/c1-11(2)12(3)16-15-9-8-13-6-4-5-7-14(13)10-15/h4-7,11-12,15H,8-10H2,1-3H3. The van der Waals surface area contributed by atoms with E-state index in [1.165, 1.54) is 24.0 Å². The number of ether oxygens (including phenoxy) is 1. The maximum atomic E-state index is 6.11. The van der Waals surface area contributed by atoms with E-state index in [9.17, 15) is 0 Å². The first-order valence-electron chi connectivity index (χ1n) is 6.39. The molecule has 1 aromatic rings. The second-order valence-corrected chi connectivity index (χ2v) is 5.22. The van der Waals surface area contributed by atoms with E-state index in [1.807, 2.05) is 0 Å². The summed E-state index contributed by atoms with van der Waals surface area (Å²) in [5.74, 6) is 0.608. The van der Waals surface area contributed by atoms with Gasteiger partial charge in [0.05, 0.1) is 12.2 Å². The molecule has 88 valence electrons. The van der Waals surface area contributed by atoms with Crippen LogP contribution >= 0.6 is 0 Å². The van der Waals surface area contributed by atoms with E-state index in [1.54, 1.807) is 0 Å². The van der Waals surface area contributed by atoms with Gasteiger partial charge in [-0.25, -0.2) is 0 Å². The molecular weight excluding hydrogens is 196 g/mol. The van der Waals surface area contributed by atoms with Gasteiger partial charge in [-0.1, -0.05) is 38.1 Å². The van der Waals surface area contributed by atoms with E-state index in [0.29, 0.717) is 18.1 Å². The number of benzene rings is 1. The van der Waals surface area contributed by atoms with Crippen molar-refractivity contribution in [3.63, 3.8) is 0 Å². The lowest BCUT2D eigenvalue weighted by atomic mass is 9.89. The summed E-state index contributed by atoms with van der Waals surface area (Å²) < 4.78 is 6.11. The Hall–Kier alpha value is -0.820. The first-order chi connectivity index (χ1) is 7.66. The molecule has 0 aromatic heterocycles. The highest BCUT2D eigenvalue weighted by Gasteiger charge is 2.21. The Bertz CT molecular complexity index is 343. The van der Waals surface area contributed by atoms with Gasteiger partial charge in [0.2, 0.25) is 0 Å². The lowest BCUT2D eigenvalue weighted by molar-refractivity contribution is -0.0307. The van der Waals surface area contributed by atoms with Gasteiger partial charge in [-0.2, -0.15) is 0 Å². The van der Waals surface area contributed by atoms with Crippen LogP contribution in [0.15, 0.2) is 24.3 Å². The van der Waals surface area contributed by atoms with Crippen molar-refractivity contribution in [2.75, 3.05) is 0 Å². The van der Waals surface area contributed by atoms with E-state index in [-0.39, 0.29) is 0 Å². The zero-order chi connectivity index (χ0) is 11.5. The normalized spacial score (nSPS) is 21.9. The van der Waals surface area contributed by atoms with Crippen LogP contribution in [0.25, 0.3) is 0 Å². The first kappa shape index (κ1) is 11.7. The summed E-state index contributed by atoms with van der Waals surface area (Å²) in [6.07, 6.45) is 4.23. The minimum atomic E-state index is 0.371. The zero-order valence-corrected chi connectivity index (χ0v) is 10.6. The summed E-state index contributed by atoms with van der Waals surface area (Å²) in [5, 5.41) is 0. The lowest BCUT2D eigenvalue weighted by Gasteiger charge is -2.29. The monoisotopic (exact) mass is 218 g/mol. The Morgan fingerprint density at radius 2 is 1.81 bits per heavy atom. The van der Waals surface area contributed by atoms with Gasteiger partial charge in [-0.3, -0.25) is 0 Å². The van der Waals surface area contributed by atoms with Crippen LogP contribution in [0.5, 0.6) is 0 Å². The minimum Gasteiger partial charge on any atom is -0.375 e. The third-order valence-electron chi connectivity index (χ3n) is 3.65. The Balaban J connectivity index is 1.98. The van der Waals surface area contributed by atoms with Crippen LogP contribution in [0.4, 0.5) is 0 Å². The maximum absolute atomic E-state index is 6.11. The second kappa shape index (κ2) is 5.01. The van der Waals surface area contributed by atoms with Crippen molar-refractivity contribution in [2.24, 2.45) is 5.92 Å². The van der Waals surface area contributed by atoms with Crippen molar-refractivity contribution in [2.45, 2.75) is 52.2 Å². The molecule has 0 fully saturated rings. The van der Waals surface area contributed by atoms with Crippen LogP contribution < -0.4 is 0 Å². The van der Waals surface area contributed by atoms with Gasteiger partial charge in [0, 0.05) is 0 Å². The van der Waals surface area contributed by atoms with Crippen LogP contribution in [-0.2, 0) is 17.6 Å². The SMILES string of the molecule is CC(C)C(C)OC1CCc2ccccc2C1. The summed E-state index contributed by atoms with van der Waals surface area (Å²) in [6.45, 7) is 6.63. The zero-order valence-electron chi connectivity index (χ0n) is 10.6. The fourth-order valence-corrected chi connectivity index (χ4v) is 2.24. The number of hydrogen-bond donors (Lipinski definition) is 0. The summed E-state index contributed by atoms with van der Waals surface area (Å²) in [7, 11) is 0. The molecule has 2 atom stereocenters. The van der Waals surface area contributed by atoms with Gasteiger partial charge in [0.25, 0.3) is 0 Å². The molecule has 0 bridgehead atoms. The van der Waals surface area contributed by atoms with Gasteiger partial charge in [0.15, 0.2) is 0 Å². The molecule has 0 spiro atoms. The average Bonchev–Trinajstić information content (AvgIpc) is 2.28. The Morgan fingerprint density at radius 3 is 2.50 bits per heavy atom. The van der Waals surface area contributed by atoms with Crippen molar-refractivity contribution in [3.05, 3.63) is 35.4 Å². The van der Waals surface area contributed by atoms with E-state index in [4.69, 9.17) is 4.74 Å². The number of fused-ring (bicyclic) bond motifs is 1. The number of aryl methyl sites for hydroxylation is 1. The Kier molecular flexibility index (Phi) is 3.65. The van der Waals surface area contributed by atoms with Gasteiger partial charge in [-0.15, -0.1) is 0 Å². The fourth-order valence-electron chi connectivity index (χ4n) is 2.24. The molecule has 0 radical (unpaired) electrons. The number of rotatable bonds is 3. The van der Waals surface area contributed by atoms with Crippen LogP contribution in [0.3, 0.4) is 0 Å². The summed E-state index contributed by atoms with van der Waals surface area (Å²) in [5.41, 5.74) is 2.99. The third-order valence-corrected chi connectivity index (χ3v) is 3.65. The minimum absolute atomic E-state index is 0.371. The molecule has 16 heavy (non-hydrogen) atoms. The van der Waals surface area contributed by atoms with E-state index in [0.717, 1.165) is 6.42 Å². The topological polar surface area (TPSA) is 9.23 Å². The van der Waals surface area contributed by atoms with Gasteiger partial charge in [-0.05, 0) is 43.2 Å². The predicted molar refractivity (Wildman–Crippen MR) is 67.6 cm³/mol. The molecule has 0 N–H and O–H groups in total. The number of hydrogen-bond acceptors (Lipinski definition) is 1. The largest absolute Gasteiger partial charge is 0.375 e. The molecule has 1 aromatic carbocycles. The molecule has 2 unspecified atom stereocenters. The quantitative estimate of drug-likeness (QED) is 0.753. The lowest BCUT2D eigenvalue weighted by Crippen LogP contribution is -2.28. The predicted octanol–water partition coefficient (Wildman–Crippen LogP) is 3.61. The van der Waals surface area contributed by atoms with E-state index >= 15 is 0 Å². The van der Waals surface area contributed by atoms with Crippen LogP contribution in [0.1, 0.15) is 38.3 Å². The molecule has 1 nitrogen and oxygen atoms in total. The van der Waals surface area contributed by atoms with Gasteiger partial charge in [0.1, 0.15) is 0 Å². The van der Waals surface area contributed by atoms with E-state index < -0.39 is 0 Å². The molecule has 2 rings (SSSR count). The van der Waals surface area contributed by atoms with Gasteiger partial charge < -0.3 is 4.74 Å². The summed E-state index contributed by atoms with van der Waals surface area (Å²) >= 11 is 0. The molecular formula is C15H22O. The highest BCUT2D eigenvalue weighted by atomic mass is 16.5. The maximum Gasteiger partial charge on any atom is 0.0622 e. The molecule has 0 saturated heterocycles. The van der Waals surface area contributed by atoms with Crippen LogP contribution in [-0.4, -0.2) is 12.2 Å². The molecule has 0 heterocycles. The highest BCUT2D eigenvalue weighted by molar-refractivity contribution is 5.29. The first-order valence-corrected chi connectivity index (χ1v) is 6.39. The summed E-state index contributed by atoms with van der Waals surface area (Å²) in [4.78, 5) is 0. The van der Waals surface area contributed by atoms with Crippen molar-refractivity contribution >= 4 is 0 Å².